The fourth-order valence-corrected chi connectivity index (χ4v) is 2.97. The fraction of sp³-hybridized carbons (Fsp3) is 0.316. The number of amides is 2. The van der Waals surface area contributed by atoms with Crippen LogP contribution in [0.25, 0.3) is 0 Å². The number of carbonyl (C=O) groups is 2. The van der Waals surface area contributed by atoms with Crippen LogP contribution in [0, 0.1) is 0 Å². The fourth-order valence-electron chi connectivity index (χ4n) is 2.85. The number of pyridine rings is 1. The lowest BCUT2D eigenvalue weighted by Gasteiger charge is -2.32. The molecule has 1 aromatic heterocycles. The van der Waals surface area contributed by atoms with Crippen molar-refractivity contribution < 1.29 is 14.3 Å². The second-order valence-electron chi connectivity index (χ2n) is 6.15. The predicted molar refractivity (Wildman–Crippen MR) is 99.5 cm³/mol. The highest BCUT2D eigenvalue weighted by Gasteiger charge is 2.25. The van der Waals surface area contributed by atoms with Gasteiger partial charge in [0.1, 0.15) is 23.4 Å². The van der Waals surface area contributed by atoms with Crippen LogP contribution in [0.2, 0.25) is 5.02 Å². The number of benzene rings is 1. The van der Waals surface area contributed by atoms with Crippen LogP contribution in [0.3, 0.4) is 0 Å². The number of piperidine rings is 1. The normalized spacial score (nSPS) is 14.8. The number of nitrogens with one attached hydrogen (secondary N) is 1. The molecule has 0 bridgehead atoms. The van der Waals surface area contributed by atoms with E-state index in [0.29, 0.717) is 29.6 Å². The molecule has 0 aliphatic carbocycles. The van der Waals surface area contributed by atoms with Gasteiger partial charge in [-0.25, -0.2) is 4.98 Å². The summed E-state index contributed by atoms with van der Waals surface area (Å²) in [6.07, 6.45) is 1.57. The van der Waals surface area contributed by atoms with E-state index in [2.05, 4.69) is 10.3 Å². The van der Waals surface area contributed by atoms with Crippen molar-refractivity contribution in [3.8, 4) is 5.75 Å². The molecular weight excluding hydrogens is 354 g/mol. The average Bonchev–Trinajstić information content (AvgIpc) is 2.63. The Hall–Kier alpha value is -2.60. The molecule has 3 rings (SSSR count). The van der Waals surface area contributed by atoms with E-state index in [-0.39, 0.29) is 17.9 Å². The lowest BCUT2D eigenvalue weighted by Crippen LogP contribution is -2.42. The molecule has 0 unspecified atom stereocenters. The van der Waals surface area contributed by atoms with Gasteiger partial charge in [0.05, 0.1) is 0 Å². The Kier molecular flexibility index (Phi) is 5.73. The molecule has 0 saturated carbocycles. The average molecular weight is 374 g/mol. The number of anilines is 1. The molecule has 6 nitrogen and oxygen atoms in total. The van der Waals surface area contributed by atoms with Crippen LogP contribution in [0.1, 0.15) is 30.3 Å². The highest BCUT2D eigenvalue weighted by atomic mass is 35.5. The Morgan fingerprint density at radius 3 is 2.50 bits per heavy atom. The number of carbonyl (C=O) groups excluding carboxylic acids is 2. The van der Waals surface area contributed by atoms with Gasteiger partial charge in [-0.3, -0.25) is 9.59 Å². The number of likely N-dealkylation sites (tertiary alicyclic amines) is 1. The summed E-state index contributed by atoms with van der Waals surface area (Å²) in [7, 11) is 0. The molecular formula is C19H20ClN3O3. The number of halogens is 1. The molecule has 1 fully saturated rings. The highest BCUT2D eigenvalue weighted by molar-refractivity contribution is 6.30. The summed E-state index contributed by atoms with van der Waals surface area (Å²) in [6.45, 7) is 2.61. The quantitative estimate of drug-likeness (QED) is 0.891. The first-order chi connectivity index (χ1) is 12.5. The van der Waals surface area contributed by atoms with Gasteiger partial charge in [0.2, 0.25) is 5.91 Å². The molecule has 2 heterocycles. The Balaban J connectivity index is 1.56. The molecule has 0 radical (unpaired) electrons. The Morgan fingerprint density at radius 1 is 1.15 bits per heavy atom. The van der Waals surface area contributed by atoms with Crippen LogP contribution in [0.4, 0.5) is 5.82 Å². The first-order valence-electron chi connectivity index (χ1n) is 8.47. The van der Waals surface area contributed by atoms with Gasteiger partial charge in [-0.05, 0) is 36.4 Å². The summed E-state index contributed by atoms with van der Waals surface area (Å²) in [5.74, 6) is 0.803. The minimum atomic E-state index is -0.220. The zero-order valence-corrected chi connectivity index (χ0v) is 15.2. The zero-order chi connectivity index (χ0) is 18.5. The summed E-state index contributed by atoms with van der Waals surface area (Å²) < 4.78 is 5.95. The maximum absolute atomic E-state index is 12.6. The van der Waals surface area contributed by atoms with Gasteiger partial charge in [0.25, 0.3) is 5.91 Å². The molecule has 0 spiro atoms. The van der Waals surface area contributed by atoms with Gasteiger partial charge >= 0.3 is 0 Å². The van der Waals surface area contributed by atoms with Crippen molar-refractivity contribution >= 4 is 29.2 Å². The van der Waals surface area contributed by atoms with Crippen LogP contribution < -0.4 is 10.1 Å². The Bertz CT molecular complexity index is 787. The molecule has 1 aromatic carbocycles. The summed E-state index contributed by atoms with van der Waals surface area (Å²) in [6, 6.07) is 12.3. The van der Waals surface area contributed by atoms with Crippen LogP contribution in [-0.2, 0) is 4.79 Å². The van der Waals surface area contributed by atoms with E-state index >= 15 is 0 Å². The van der Waals surface area contributed by atoms with E-state index in [1.807, 2.05) is 12.1 Å². The standard InChI is InChI=1S/C19H20ClN3O3/c1-13(24)21-18-4-2-3-17(22-18)19(25)23-11-9-16(10-12-23)26-15-7-5-14(20)6-8-15/h2-8,16H,9-12H2,1H3,(H,21,22,24). The minimum Gasteiger partial charge on any atom is -0.490 e. The van der Waals surface area contributed by atoms with Gasteiger partial charge in [0.15, 0.2) is 0 Å². The van der Waals surface area contributed by atoms with Gasteiger partial charge < -0.3 is 15.0 Å². The number of hydrogen-bond acceptors (Lipinski definition) is 4. The van der Waals surface area contributed by atoms with Gasteiger partial charge in [0, 0.05) is 37.9 Å². The lowest BCUT2D eigenvalue weighted by molar-refractivity contribution is -0.114. The van der Waals surface area contributed by atoms with E-state index < -0.39 is 0 Å². The molecule has 1 N–H and O–H groups in total. The first kappa shape index (κ1) is 18.2. The van der Waals surface area contributed by atoms with Crippen molar-refractivity contribution in [1.29, 1.82) is 0 Å². The van der Waals surface area contributed by atoms with Gasteiger partial charge in [-0.2, -0.15) is 0 Å². The summed E-state index contributed by atoms with van der Waals surface area (Å²) >= 11 is 5.88. The van der Waals surface area contributed by atoms with Gasteiger partial charge in [-0.15, -0.1) is 0 Å². The van der Waals surface area contributed by atoms with Crippen molar-refractivity contribution in [2.75, 3.05) is 18.4 Å². The molecule has 1 aliphatic heterocycles. The van der Waals surface area contributed by atoms with Crippen LogP contribution in [0.15, 0.2) is 42.5 Å². The van der Waals surface area contributed by atoms with E-state index in [4.69, 9.17) is 16.3 Å². The van der Waals surface area contributed by atoms with Crippen molar-refractivity contribution in [2.24, 2.45) is 0 Å². The summed E-state index contributed by atoms with van der Waals surface area (Å²) in [4.78, 5) is 29.8. The van der Waals surface area contributed by atoms with E-state index in [9.17, 15) is 9.59 Å². The third-order valence-electron chi connectivity index (χ3n) is 4.12. The molecule has 2 amide bonds. The second-order valence-corrected chi connectivity index (χ2v) is 6.59. The minimum absolute atomic E-state index is 0.0684. The number of nitrogens with zero attached hydrogens (tertiary/aromatic N) is 2. The third kappa shape index (κ3) is 4.73. The number of rotatable bonds is 4. The smallest absolute Gasteiger partial charge is 0.272 e. The first-order valence-corrected chi connectivity index (χ1v) is 8.85. The molecule has 2 aromatic rings. The Morgan fingerprint density at radius 2 is 1.85 bits per heavy atom. The van der Waals surface area contributed by atoms with E-state index in [1.165, 1.54) is 6.92 Å². The molecule has 136 valence electrons. The van der Waals surface area contributed by atoms with Crippen LogP contribution in [0.5, 0.6) is 5.75 Å². The van der Waals surface area contributed by atoms with E-state index in [1.54, 1.807) is 35.2 Å². The lowest BCUT2D eigenvalue weighted by atomic mass is 10.1. The number of aromatic nitrogens is 1. The molecule has 1 saturated heterocycles. The summed E-state index contributed by atoms with van der Waals surface area (Å²) in [5.41, 5.74) is 0.327. The van der Waals surface area contributed by atoms with Crippen molar-refractivity contribution in [3.05, 3.63) is 53.2 Å². The molecule has 26 heavy (non-hydrogen) atoms. The monoisotopic (exact) mass is 373 g/mol. The zero-order valence-electron chi connectivity index (χ0n) is 14.4. The molecule has 7 heteroatoms. The van der Waals surface area contributed by atoms with Crippen molar-refractivity contribution in [3.63, 3.8) is 0 Å². The molecule has 1 aliphatic rings. The molecule has 0 atom stereocenters. The van der Waals surface area contributed by atoms with Crippen molar-refractivity contribution in [2.45, 2.75) is 25.9 Å². The number of hydrogen-bond donors (Lipinski definition) is 1. The highest BCUT2D eigenvalue weighted by Crippen LogP contribution is 2.22. The summed E-state index contributed by atoms with van der Waals surface area (Å²) in [5, 5.41) is 3.26. The van der Waals surface area contributed by atoms with Crippen LogP contribution >= 0.6 is 11.6 Å². The second kappa shape index (κ2) is 8.19. The number of ether oxygens (including phenoxy) is 1. The maximum Gasteiger partial charge on any atom is 0.272 e. The van der Waals surface area contributed by atoms with E-state index in [0.717, 1.165) is 18.6 Å². The SMILES string of the molecule is CC(=O)Nc1cccc(C(=O)N2CCC(Oc3ccc(Cl)cc3)CC2)n1. The largest absolute Gasteiger partial charge is 0.490 e. The predicted octanol–water partition coefficient (Wildman–Crippen LogP) is 3.38. The third-order valence-corrected chi connectivity index (χ3v) is 4.37. The maximum atomic E-state index is 12.6. The van der Waals surface area contributed by atoms with Crippen LogP contribution in [-0.4, -0.2) is 40.9 Å². The Labute approximate surface area is 157 Å². The van der Waals surface area contributed by atoms with Gasteiger partial charge in [-0.1, -0.05) is 17.7 Å². The van der Waals surface area contributed by atoms with Crippen molar-refractivity contribution in [1.82, 2.24) is 9.88 Å². The topological polar surface area (TPSA) is 71.5 Å².